The highest BCUT2D eigenvalue weighted by atomic mass is 80.0. The lowest BCUT2D eigenvalue weighted by Crippen LogP contribution is -2.48. The van der Waals surface area contributed by atoms with Crippen molar-refractivity contribution in [3.63, 3.8) is 0 Å². The van der Waals surface area contributed by atoms with Gasteiger partial charge in [0.15, 0.2) is 0 Å². The maximum absolute atomic E-state index is 11.6. The van der Waals surface area contributed by atoms with E-state index in [-0.39, 0.29) is 12.5 Å². The lowest BCUT2D eigenvalue weighted by atomic mass is 10.1. The van der Waals surface area contributed by atoms with E-state index in [0.717, 1.165) is 0 Å². The SMILES string of the molecule is CC(C)(CNC(=O)C(Br)(Br)Br)ONC(=O)C(Br)(Br)Br. The maximum Gasteiger partial charge on any atom is 0.282 e. The predicted octanol–water partition coefficient (Wildman–Crippen LogP) is 3.61. The van der Waals surface area contributed by atoms with Crippen LogP contribution in [0.4, 0.5) is 0 Å². The first-order valence-corrected chi connectivity index (χ1v) is 9.42. The van der Waals surface area contributed by atoms with Gasteiger partial charge in [-0.25, -0.2) is 5.48 Å². The van der Waals surface area contributed by atoms with E-state index in [1.165, 1.54) is 0 Å². The van der Waals surface area contributed by atoms with Crippen molar-refractivity contribution in [2.75, 3.05) is 6.54 Å². The number of halogens is 6. The van der Waals surface area contributed by atoms with E-state index in [0.29, 0.717) is 0 Å². The standard InChI is InChI=1S/C8H10Br6N2O3/c1-6(2,3-15-4(17)7(9,10)11)19-16-5(18)8(12,13)14/h3H2,1-2H3,(H,15,17)(H,16,18). The zero-order valence-electron chi connectivity index (χ0n) is 9.70. The smallest absolute Gasteiger partial charge is 0.282 e. The molecule has 0 rings (SSSR count). The molecule has 0 spiro atoms. The number of rotatable bonds is 4. The van der Waals surface area contributed by atoms with Crippen molar-refractivity contribution in [2.45, 2.75) is 23.7 Å². The summed E-state index contributed by atoms with van der Waals surface area (Å²) in [6, 6.07) is 0. The van der Waals surface area contributed by atoms with Crippen LogP contribution in [-0.2, 0) is 14.4 Å². The van der Waals surface area contributed by atoms with Crippen molar-refractivity contribution in [1.82, 2.24) is 10.8 Å². The van der Waals surface area contributed by atoms with Gasteiger partial charge in [-0.1, -0.05) is 0 Å². The van der Waals surface area contributed by atoms with Crippen LogP contribution in [0.1, 0.15) is 13.8 Å². The third-order valence-electron chi connectivity index (χ3n) is 1.61. The highest BCUT2D eigenvalue weighted by molar-refractivity contribution is 9.40. The van der Waals surface area contributed by atoms with Crippen molar-refractivity contribution in [3.8, 4) is 0 Å². The van der Waals surface area contributed by atoms with Crippen molar-refractivity contribution in [1.29, 1.82) is 0 Å². The van der Waals surface area contributed by atoms with Gasteiger partial charge >= 0.3 is 0 Å². The van der Waals surface area contributed by atoms with Crippen molar-refractivity contribution >= 4 is 107 Å². The van der Waals surface area contributed by atoms with Gasteiger partial charge in [-0.05, 0) is 109 Å². The Morgan fingerprint density at radius 3 is 1.74 bits per heavy atom. The first-order chi connectivity index (χ1) is 8.26. The second-order valence-electron chi connectivity index (χ2n) is 3.97. The Hall–Kier alpha value is 1.78. The molecule has 0 atom stereocenters. The Bertz CT molecular complexity index is 317. The van der Waals surface area contributed by atoms with Crippen molar-refractivity contribution in [3.05, 3.63) is 0 Å². The summed E-state index contributed by atoms with van der Waals surface area (Å²) in [5.41, 5.74) is 1.47. The second-order valence-corrected chi connectivity index (χ2v) is 17.5. The number of carbonyl (C=O) groups excluding carboxylic acids is 2. The van der Waals surface area contributed by atoms with Gasteiger partial charge in [0.25, 0.3) is 11.8 Å². The normalized spacial score (nSPS) is 13.1. The summed E-state index contributed by atoms with van der Waals surface area (Å²) in [7, 11) is 0. The summed E-state index contributed by atoms with van der Waals surface area (Å²) in [6.07, 6.45) is 0. The predicted molar refractivity (Wildman–Crippen MR) is 95.3 cm³/mol. The van der Waals surface area contributed by atoms with Gasteiger partial charge in [0.2, 0.25) is 4.29 Å². The van der Waals surface area contributed by atoms with E-state index in [2.05, 4.69) is 106 Å². The third kappa shape index (κ3) is 9.41. The molecular formula is C8H10Br6N2O3. The summed E-state index contributed by atoms with van der Waals surface area (Å²) in [4.78, 5) is 28.3. The quantitative estimate of drug-likeness (QED) is 0.358. The molecule has 2 amide bonds. The Kier molecular flexibility index (Phi) is 8.60. The van der Waals surface area contributed by atoms with Gasteiger partial charge in [0.1, 0.15) is 5.60 Å². The number of hydrogen-bond acceptors (Lipinski definition) is 3. The molecule has 5 nitrogen and oxygen atoms in total. The molecule has 0 radical (unpaired) electrons. The number of alkyl halides is 6. The lowest BCUT2D eigenvalue weighted by molar-refractivity contribution is -0.146. The molecule has 19 heavy (non-hydrogen) atoms. The molecule has 0 saturated carbocycles. The first kappa shape index (κ1) is 20.8. The fourth-order valence-electron chi connectivity index (χ4n) is 0.672. The Balaban J connectivity index is 4.28. The van der Waals surface area contributed by atoms with Gasteiger partial charge in [0, 0.05) is 6.54 Å². The molecule has 0 saturated heterocycles. The summed E-state index contributed by atoms with van der Waals surface area (Å²) < 4.78 is -2.12. The average molecular weight is 662 g/mol. The Morgan fingerprint density at radius 1 is 0.947 bits per heavy atom. The molecule has 0 aromatic rings. The van der Waals surface area contributed by atoms with Crippen molar-refractivity contribution in [2.24, 2.45) is 0 Å². The molecular weight excluding hydrogens is 652 g/mol. The van der Waals surface area contributed by atoms with Gasteiger partial charge in [-0.2, -0.15) is 0 Å². The van der Waals surface area contributed by atoms with E-state index >= 15 is 0 Å². The highest BCUT2D eigenvalue weighted by Crippen LogP contribution is 2.34. The van der Waals surface area contributed by atoms with Crippen LogP contribution in [0.3, 0.4) is 0 Å². The molecule has 112 valence electrons. The molecule has 0 aliphatic carbocycles. The number of hydroxylamine groups is 1. The average Bonchev–Trinajstić information content (AvgIpc) is 2.20. The topological polar surface area (TPSA) is 67.4 Å². The van der Waals surface area contributed by atoms with Crippen LogP contribution in [0.5, 0.6) is 0 Å². The Labute approximate surface area is 161 Å². The van der Waals surface area contributed by atoms with Crippen LogP contribution in [-0.4, -0.2) is 28.2 Å². The fraction of sp³-hybridized carbons (Fsp3) is 0.750. The summed E-state index contributed by atoms with van der Waals surface area (Å²) in [5, 5.41) is 2.63. The zero-order chi connectivity index (χ0) is 15.5. The van der Waals surface area contributed by atoms with Crippen LogP contribution in [0.25, 0.3) is 0 Å². The van der Waals surface area contributed by atoms with E-state index in [4.69, 9.17) is 4.84 Å². The Morgan fingerprint density at radius 2 is 1.37 bits per heavy atom. The van der Waals surface area contributed by atoms with Crippen LogP contribution in [0.2, 0.25) is 0 Å². The molecule has 0 aromatic heterocycles. The molecule has 0 unspecified atom stereocenters. The molecule has 11 heteroatoms. The van der Waals surface area contributed by atoms with Gasteiger partial charge < -0.3 is 5.32 Å². The molecule has 0 heterocycles. The van der Waals surface area contributed by atoms with E-state index < -0.39 is 15.8 Å². The van der Waals surface area contributed by atoms with Crippen molar-refractivity contribution < 1.29 is 14.4 Å². The fourth-order valence-corrected chi connectivity index (χ4v) is 1.34. The summed E-state index contributed by atoms with van der Waals surface area (Å²) in [6.45, 7) is 3.62. The minimum Gasteiger partial charge on any atom is -0.350 e. The summed E-state index contributed by atoms with van der Waals surface area (Å²) in [5.74, 6) is -0.797. The monoisotopic (exact) mass is 656 g/mol. The number of hydrogen-bond donors (Lipinski definition) is 2. The third-order valence-corrected chi connectivity index (χ3v) is 3.77. The van der Waals surface area contributed by atoms with Crippen LogP contribution < -0.4 is 10.8 Å². The maximum atomic E-state index is 11.6. The van der Waals surface area contributed by atoms with E-state index in [1.807, 2.05) is 0 Å². The summed E-state index contributed by atoms with van der Waals surface area (Å²) >= 11 is 18.4. The highest BCUT2D eigenvalue weighted by Gasteiger charge is 2.33. The molecule has 0 bridgehead atoms. The largest absolute Gasteiger partial charge is 0.350 e. The van der Waals surface area contributed by atoms with Gasteiger partial charge in [-0.15, -0.1) is 0 Å². The molecule has 0 aromatic carbocycles. The van der Waals surface area contributed by atoms with Gasteiger partial charge in [0.05, 0.1) is 0 Å². The molecule has 0 aliphatic heterocycles. The number of nitrogens with one attached hydrogen (secondary N) is 2. The zero-order valence-corrected chi connectivity index (χ0v) is 19.2. The first-order valence-electron chi connectivity index (χ1n) is 4.66. The van der Waals surface area contributed by atoms with Gasteiger partial charge in [-0.3, -0.25) is 14.4 Å². The number of carbonyl (C=O) groups is 2. The van der Waals surface area contributed by atoms with Crippen LogP contribution in [0.15, 0.2) is 0 Å². The van der Waals surface area contributed by atoms with Crippen LogP contribution in [0, 0.1) is 0 Å². The van der Waals surface area contributed by atoms with E-state index in [9.17, 15) is 9.59 Å². The minimum absolute atomic E-state index is 0.191. The minimum atomic E-state index is -1.09. The molecule has 0 aliphatic rings. The number of amides is 2. The lowest BCUT2D eigenvalue weighted by Gasteiger charge is -2.26. The molecule has 0 fully saturated rings. The van der Waals surface area contributed by atoms with E-state index in [1.54, 1.807) is 13.8 Å². The second kappa shape index (κ2) is 7.87. The molecule has 2 N–H and O–H groups in total. The van der Waals surface area contributed by atoms with Crippen LogP contribution >= 0.6 is 95.6 Å².